The first kappa shape index (κ1) is 28.1. The van der Waals surface area contributed by atoms with E-state index >= 15 is 0 Å². The van der Waals surface area contributed by atoms with Crippen LogP contribution in [0.4, 0.5) is 0 Å². The van der Waals surface area contributed by atoms with Gasteiger partial charge in [0.2, 0.25) is 0 Å². The van der Waals surface area contributed by atoms with Crippen molar-refractivity contribution in [3.05, 3.63) is 116 Å². The van der Waals surface area contributed by atoms with Gasteiger partial charge in [0.05, 0.1) is 18.9 Å². The number of nitrogens with one attached hydrogen (secondary N) is 2. The van der Waals surface area contributed by atoms with E-state index in [1.54, 1.807) is 55.6 Å². The fourth-order valence-corrected chi connectivity index (χ4v) is 5.19. The monoisotopic (exact) mass is 629 g/mol. The van der Waals surface area contributed by atoms with E-state index in [4.69, 9.17) is 21.1 Å². The van der Waals surface area contributed by atoms with Crippen LogP contribution in [0, 0.1) is 13.8 Å². The number of esters is 1. The molecule has 9 heteroatoms. The number of carbonyl (C=O) groups is 2. The normalized spacial score (nSPS) is 11.1. The lowest BCUT2D eigenvalue weighted by Crippen LogP contribution is -2.19. The number of halogens is 2. The fourth-order valence-electron chi connectivity index (χ4n) is 4.58. The lowest BCUT2D eigenvalue weighted by atomic mass is 9.99. The summed E-state index contributed by atoms with van der Waals surface area (Å²) >= 11 is 10.00. The van der Waals surface area contributed by atoms with Crippen LogP contribution in [-0.2, 0) is 0 Å². The number of aromatic nitrogens is 1. The van der Waals surface area contributed by atoms with E-state index < -0.39 is 11.9 Å². The van der Waals surface area contributed by atoms with E-state index in [9.17, 15) is 9.59 Å². The van der Waals surface area contributed by atoms with E-state index in [0.29, 0.717) is 33.2 Å². The molecule has 0 aliphatic rings. The highest BCUT2D eigenvalue weighted by molar-refractivity contribution is 9.10. The molecule has 5 rings (SSSR count). The molecule has 2 N–H and O–H groups in total. The minimum atomic E-state index is -0.540. The number of ether oxygens (including phenoxy) is 2. The highest BCUT2D eigenvalue weighted by Gasteiger charge is 2.22. The first-order valence-electron chi connectivity index (χ1n) is 12.6. The molecule has 5 aromatic rings. The Bertz CT molecular complexity index is 1810. The van der Waals surface area contributed by atoms with Crippen LogP contribution >= 0.6 is 27.5 Å². The second-order valence-corrected chi connectivity index (χ2v) is 10.7. The molecular weight excluding hydrogens is 606 g/mol. The van der Waals surface area contributed by atoms with Crippen molar-refractivity contribution in [3.63, 3.8) is 0 Å². The molecule has 0 atom stereocenters. The Labute approximate surface area is 250 Å². The van der Waals surface area contributed by atoms with Crippen molar-refractivity contribution in [3.8, 4) is 22.6 Å². The number of hydrogen-bond acceptors (Lipinski definition) is 5. The zero-order chi connectivity index (χ0) is 29.1. The minimum Gasteiger partial charge on any atom is -0.497 e. The number of nitrogens with zero attached hydrogens (tertiary/aromatic N) is 1. The summed E-state index contributed by atoms with van der Waals surface area (Å²) < 4.78 is 11.5. The van der Waals surface area contributed by atoms with Crippen molar-refractivity contribution in [1.29, 1.82) is 0 Å². The Morgan fingerprint density at radius 3 is 2.49 bits per heavy atom. The summed E-state index contributed by atoms with van der Waals surface area (Å²) in [5, 5.41) is 5.61. The number of carbonyl (C=O) groups excluding carboxylic acids is 2. The topological polar surface area (TPSA) is 92.8 Å². The molecule has 0 bridgehead atoms. The number of aromatic amines is 1. The van der Waals surface area contributed by atoms with Crippen LogP contribution in [0.1, 0.15) is 37.5 Å². The number of H-pyrrole nitrogens is 1. The van der Waals surface area contributed by atoms with Gasteiger partial charge in [-0.3, -0.25) is 4.79 Å². The molecule has 0 spiro atoms. The summed E-state index contributed by atoms with van der Waals surface area (Å²) in [6.45, 7) is 4.00. The van der Waals surface area contributed by atoms with Crippen molar-refractivity contribution < 1.29 is 19.1 Å². The molecule has 0 unspecified atom stereocenters. The van der Waals surface area contributed by atoms with Crippen LogP contribution in [0.15, 0.2) is 88.4 Å². The standard InChI is InChI=1S/C32H25BrClN3O4/c1-18-14-19(2)29-25(15-18)28(24-6-4-5-7-26(24)34)30(36-29)31(38)37-35-17-21-16-22(33)10-13-27(21)41-32(39)20-8-11-23(40-3)12-9-20/h4-17,36H,1-3H3,(H,37,38). The van der Waals surface area contributed by atoms with Gasteiger partial charge in [-0.15, -0.1) is 0 Å². The maximum atomic E-state index is 13.5. The van der Waals surface area contributed by atoms with Crippen molar-refractivity contribution in [1.82, 2.24) is 10.4 Å². The lowest BCUT2D eigenvalue weighted by Gasteiger charge is -2.09. The lowest BCUT2D eigenvalue weighted by molar-refractivity contribution is 0.0734. The first-order valence-corrected chi connectivity index (χ1v) is 13.8. The summed E-state index contributed by atoms with van der Waals surface area (Å²) in [6.07, 6.45) is 1.42. The smallest absolute Gasteiger partial charge is 0.343 e. The van der Waals surface area contributed by atoms with Gasteiger partial charge in [0.1, 0.15) is 17.2 Å². The van der Waals surface area contributed by atoms with Crippen LogP contribution in [0.3, 0.4) is 0 Å². The largest absolute Gasteiger partial charge is 0.497 e. The fraction of sp³-hybridized carbons (Fsp3) is 0.0938. The molecule has 0 radical (unpaired) electrons. The van der Waals surface area contributed by atoms with Crippen LogP contribution in [0.5, 0.6) is 11.5 Å². The van der Waals surface area contributed by atoms with Crippen molar-refractivity contribution in [2.45, 2.75) is 13.8 Å². The molecule has 1 heterocycles. The molecule has 7 nitrogen and oxygen atoms in total. The van der Waals surface area contributed by atoms with Crippen molar-refractivity contribution in [2.24, 2.45) is 5.10 Å². The summed E-state index contributed by atoms with van der Waals surface area (Å²) in [5.74, 6) is -0.0785. The molecule has 0 aliphatic carbocycles. The summed E-state index contributed by atoms with van der Waals surface area (Å²) in [5.41, 5.74) is 8.13. The predicted molar refractivity (Wildman–Crippen MR) is 165 cm³/mol. The number of fused-ring (bicyclic) bond motifs is 1. The average Bonchev–Trinajstić information content (AvgIpc) is 3.34. The Morgan fingerprint density at radius 1 is 1.00 bits per heavy atom. The van der Waals surface area contributed by atoms with E-state index in [2.05, 4.69) is 37.5 Å². The van der Waals surface area contributed by atoms with Crippen LogP contribution in [-0.4, -0.2) is 30.2 Å². The Hall–Kier alpha value is -4.40. The molecule has 1 aromatic heterocycles. The molecule has 0 saturated carbocycles. The number of methoxy groups -OCH3 is 1. The third kappa shape index (κ3) is 6.04. The maximum Gasteiger partial charge on any atom is 0.343 e. The molecule has 41 heavy (non-hydrogen) atoms. The number of amides is 1. The zero-order valence-electron chi connectivity index (χ0n) is 22.4. The van der Waals surface area contributed by atoms with Gasteiger partial charge < -0.3 is 14.5 Å². The van der Waals surface area contributed by atoms with Gasteiger partial charge in [-0.05, 0) is 74.0 Å². The number of hydrazone groups is 1. The van der Waals surface area contributed by atoms with Gasteiger partial charge in [-0.1, -0.05) is 57.4 Å². The van der Waals surface area contributed by atoms with Crippen molar-refractivity contribution >= 4 is 56.5 Å². The first-order chi connectivity index (χ1) is 19.7. The van der Waals surface area contributed by atoms with Crippen LogP contribution in [0.2, 0.25) is 5.02 Å². The predicted octanol–water partition coefficient (Wildman–Crippen LogP) is 7.86. The molecule has 0 aliphatic heterocycles. The quantitative estimate of drug-likeness (QED) is 0.0829. The number of aryl methyl sites for hydroxylation is 2. The van der Waals surface area contributed by atoms with E-state index in [1.807, 2.05) is 38.1 Å². The highest BCUT2D eigenvalue weighted by Crippen LogP contribution is 2.38. The SMILES string of the molecule is COc1ccc(C(=O)Oc2ccc(Br)cc2C=NNC(=O)c2[nH]c3c(C)cc(C)cc3c2-c2ccccc2Cl)cc1. The minimum absolute atomic E-state index is 0.278. The zero-order valence-corrected chi connectivity index (χ0v) is 24.8. The molecule has 4 aromatic carbocycles. The highest BCUT2D eigenvalue weighted by atomic mass is 79.9. The molecule has 206 valence electrons. The third-order valence-corrected chi connectivity index (χ3v) is 7.31. The van der Waals surface area contributed by atoms with Crippen LogP contribution < -0.4 is 14.9 Å². The second-order valence-electron chi connectivity index (χ2n) is 9.36. The number of hydrogen-bond donors (Lipinski definition) is 2. The van der Waals surface area contributed by atoms with Gasteiger partial charge in [-0.25, -0.2) is 10.2 Å². The maximum absolute atomic E-state index is 13.5. The summed E-state index contributed by atoms with van der Waals surface area (Å²) in [7, 11) is 1.55. The van der Waals surface area contributed by atoms with Gasteiger partial charge in [0, 0.05) is 37.1 Å². The van der Waals surface area contributed by atoms with Crippen molar-refractivity contribution in [2.75, 3.05) is 7.11 Å². The summed E-state index contributed by atoms with van der Waals surface area (Å²) in [4.78, 5) is 29.5. The van der Waals surface area contributed by atoms with Gasteiger partial charge in [0.15, 0.2) is 0 Å². The molecule has 0 fully saturated rings. The molecule has 0 saturated heterocycles. The Morgan fingerprint density at radius 2 is 1.76 bits per heavy atom. The van der Waals surface area contributed by atoms with E-state index in [0.717, 1.165) is 32.1 Å². The van der Waals surface area contributed by atoms with Gasteiger partial charge >= 0.3 is 5.97 Å². The Kier molecular flexibility index (Phi) is 8.23. The molecule has 1 amide bonds. The van der Waals surface area contributed by atoms with Gasteiger partial charge in [-0.2, -0.15) is 5.10 Å². The summed E-state index contributed by atoms with van der Waals surface area (Å²) in [6, 6.07) is 23.2. The third-order valence-electron chi connectivity index (χ3n) is 6.49. The average molecular weight is 631 g/mol. The van der Waals surface area contributed by atoms with E-state index in [1.165, 1.54) is 6.21 Å². The number of rotatable bonds is 7. The second kappa shape index (κ2) is 12.0. The van der Waals surface area contributed by atoms with Crippen LogP contribution in [0.25, 0.3) is 22.0 Å². The van der Waals surface area contributed by atoms with Gasteiger partial charge in [0.25, 0.3) is 5.91 Å². The Balaban J connectivity index is 1.43. The number of benzene rings is 4. The van der Waals surface area contributed by atoms with E-state index in [-0.39, 0.29) is 5.75 Å². The molecular formula is C32H25BrClN3O4.